The average molecular weight is 254 g/mol. The Morgan fingerprint density at radius 2 is 1.80 bits per heavy atom. The molecule has 60 valence electrons. The molecule has 3 heteroatoms. The van der Waals surface area contributed by atoms with Crippen LogP contribution in [0.4, 0.5) is 0 Å². The molecule has 0 unspecified atom stereocenters. The molecule has 1 aliphatic heterocycles. The maximum atomic E-state index is 2.54. The van der Waals surface area contributed by atoms with Crippen molar-refractivity contribution in [3.05, 3.63) is 0 Å². The molecule has 0 N–H and O–H groups in total. The quantitative estimate of drug-likeness (QED) is 0.542. The van der Waals surface area contributed by atoms with Gasteiger partial charge in [-0.25, -0.2) is 3.11 Å². The van der Waals surface area contributed by atoms with Gasteiger partial charge in [-0.3, -0.25) is 0 Å². The van der Waals surface area contributed by atoms with E-state index in [0.717, 1.165) is 0 Å². The summed E-state index contributed by atoms with van der Waals surface area (Å²) in [4.78, 5) is 2.54. The first-order valence-electron chi connectivity index (χ1n) is 3.96. The Hall–Kier alpha value is 0.650. The van der Waals surface area contributed by atoms with Gasteiger partial charge in [0.15, 0.2) is 0 Å². The van der Waals surface area contributed by atoms with Gasteiger partial charge >= 0.3 is 0 Å². The van der Waals surface area contributed by atoms with E-state index in [2.05, 4.69) is 37.8 Å². The molecule has 0 aromatic rings. The lowest BCUT2D eigenvalue weighted by molar-refractivity contribution is 0.206. The third-order valence-electron chi connectivity index (χ3n) is 1.86. The fourth-order valence-corrected chi connectivity index (χ4v) is 1.69. The normalized spacial score (nSPS) is 23.4. The highest BCUT2D eigenvalue weighted by Crippen LogP contribution is 2.05. The van der Waals surface area contributed by atoms with E-state index < -0.39 is 0 Å². The average Bonchev–Trinajstić information content (AvgIpc) is 1.95. The molecule has 0 atom stereocenters. The van der Waals surface area contributed by atoms with Crippen LogP contribution in [0.2, 0.25) is 0 Å². The lowest BCUT2D eigenvalue weighted by Crippen LogP contribution is -2.42. The zero-order chi connectivity index (χ0) is 7.40. The van der Waals surface area contributed by atoms with Crippen molar-refractivity contribution in [3.8, 4) is 0 Å². The third kappa shape index (κ3) is 2.72. The van der Waals surface area contributed by atoms with Crippen molar-refractivity contribution < 1.29 is 0 Å². The van der Waals surface area contributed by atoms with Crippen molar-refractivity contribution in [1.29, 1.82) is 0 Å². The topological polar surface area (TPSA) is 6.48 Å². The summed E-state index contributed by atoms with van der Waals surface area (Å²) >= 11 is 2.40. The number of hydrogen-bond donors (Lipinski definition) is 0. The van der Waals surface area contributed by atoms with E-state index in [1.165, 1.54) is 39.1 Å². The molecule has 1 heterocycles. The van der Waals surface area contributed by atoms with E-state index >= 15 is 0 Å². The predicted octanol–water partition coefficient (Wildman–Crippen LogP) is 1.36. The van der Waals surface area contributed by atoms with Crippen molar-refractivity contribution in [3.63, 3.8) is 0 Å². The molecular formula is C7H15IN2. The minimum atomic E-state index is 1.24. The zero-order valence-electron chi connectivity index (χ0n) is 6.52. The summed E-state index contributed by atoms with van der Waals surface area (Å²) in [5.41, 5.74) is 0. The number of piperazine rings is 1. The molecule has 0 amide bonds. The number of nitrogens with zero attached hydrogens (tertiary/aromatic N) is 2. The molecule has 1 fully saturated rings. The second-order valence-electron chi connectivity index (χ2n) is 2.75. The minimum absolute atomic E-state index is 1.24. The van der Waals surface area contributed by atoms with Gasteiger partial charge in [0.1, 0.15) is 0 Å². The first-order chi connectivity index (χ1) is 4.83. The van der Waals surface area contributed by atoms with Crippen molar-refractivity contribution in [2.45, 2.75) is 13.3 Å². The van der Waals surface area contributed by atoms with Gasteiger partial charge in [0.05, 0.1) is 0 Å². The maximum Gasteiger partial charge on any atom is 0.0209 e. The first-order valence-corrected chi connectivity index (χ1v) is 4.92. The Bertz CT molecular complexity index is 89.6. The summed E-state index contributed by atoms with van der Waals surface area (Å²) in [6, 6.07) is 0. The first kappa shape index (κ1) is 8.74. The van der Waals surface area contributed by atoms with Gasteiger partial charge in [-0.2, -0.15) is 0 Å². The maximum absolute atomic E-state index is 2.54. The van der Waals surface area contributed by atoms with E-state index in [-0.39, 0.29) is 0 Å². The Morgan fingerprint density at radius 3 is 2.30 bits per heavy atom. The molecule has 10 heavy (non-hydrogen) atoms. The molecule has 1 rings (SSSR count). The highest BCUT2D eigenvalue weighted by atomic mass is 127. The fourth-order valence-electron chi connectivity index (χ4n) is 1.26. The SMILES string of the molecule is CCCN1CCN(I)CC1. The van der Waals surface area contributed by atoms with Gasteiger partial charge in [0, 0.05) is 49.0 Å². The molecule has 1 aliphatic rings. The van der Waals surface area contributed by atoms with Crippen LogP contribution in [0.1, 0.15) is 13.3 Å². The Balaban J connectivity index is 2.13. The monoisotopic (exact) mass is 254 g/mol. The zero-order valence-corrected chi connectivity index (χ0v) is 8.67. The molecule has 1 saturated heterocycles. The highest BCUT2D eigenvalue weighted by molar-refractivity contribution is 14.1. The highest BCUT2D eigenvalue weighted by Gasteiger charge is 2.12. The van der Waals surface area contributed by atoms with Gasteiger partial charge in [0.2, 0.25) is 0 Å². The second-order valence-corrected chi connectivity index (χ2v) is 4.12. The van der Waals surface area contributed by atoms with Crippen molar-refractivity contribution >= 4 is 22.9 Å². The molecule has 0 bridgehead atoms. The number of hydrogen-bond acceptors (Lipinski definition) is 2. The summed E-state index contributed by atoms with van der Waals surface area (Å²) in [6.07, 6.45) is 1.29. The molecule has 2 nitrogen and oxygen atoms in total. The summed E-state index contributed by atoms with van der Waals surface area (Å²) < 4.78 is 2.37. The van der Waals surface area contributed by atoms with E-state index in [0.29, 0.717) is 0 Å². The Labute approximate surface area is 77.1 Å². The van der Waals surface area contributed by atoms with Gasteiger partial charge in [-0.15, -0.1) is 0 Å². The Morgan fingerprint density at radius 1 is 1.20 bits per heavy atom. The van der Waals surface area contributed by atoms with Crippen LogP contribution in [0.25, 0.3) is 0 Å². The molecular weight excluding hydrogens is 239 g/mol. The molecule has 0 radical (unpaired) electrons. The lowest BCUT2D eigenvalue weighted by atomic mass is 10.3. The lowest BCUT2D eigenvalue weighted by Gasteiger charge is -2.30. The van der Waals surface area contributed by atoms with Gasteiger partial charge < -0.3 is 4.90 Å². The van der Waals surface area contributed by atoms with Crippen LogP contribution in [-0.2, 0) is 0 Å². The van der Waals surface area contributed by atoms with Crippen LogP contribution in [0.3, 0.4) is 0 Å². The van der Waals surface area contributed by atoms with Gasteiger partial charge in [-0.1, -0.05) is 6.92 Å². The van der Waals surface area contributed by atoms with Crippen LogP contribution < -0.4 is 0 Å². The van der Waals surface area contributed by atoms with Crippen LogP contribution in [0.5, 0.6) is 0 Å². The minimum Gasteiger partial charge on any atom is -0.301 e. The molecule has 0 saturated carbocycles. The van der Waals surface area contributed by atoms with Crippen molar-refractivity contribution in [1.82, 2.24) is 8.01 Å². The van der Waals surface area contributed by atoms with Crippen LogP contribution >= 0.6 is 22.9 Å². The molecule has 0 spiro atoms. The summed E-state index contributed by atoms with van der Waals surface area (Å²) in [6.45, 7) is 8.52. The fraction of sp³-hybridized carbons (Fsp3) is 1.00. The van der Waals surface area contributed by atoms with Gasteiger partial charge in [-0.05, 0) is 13.0 Å². The van der Waals surface area contributed by atoms with E-state index in [1.807, 2.05) is 0 Å². The number of rotatable bonds is 2. The van der Waals surface area contributed by atoms with Crippen LogP contribution in [0.15, 0.2) is 0 Å². The standard InChI is InChI=1S/C7H15IN2/c1-2-3-9-4-6-10(8)7-5-9/h2-7H2,1H3. The number of halogens is 1. The largest absolute Gasteiger partial charge is 0.301 e. The van der Waals surface area contributed by atoms with Crippen LogP contribution in [0, 0.1) is 0 Å². The Kier molecular flexibility index (Phi) is 3.95. The third-order valence-corrected chi connectivity index (χ3v) is 2.82. The summed E-state index contributed by atoms with van der Waals surface area (Å²) in [5.74, 6) is 0. The van der Waals surface area contributed by atoms with Gasteiger partial charge in [0.25, 0.3) is 0 Å². The molecule has 0 aromatic carbocycles. The molecule has 0 aromatic heterocycles. The van der Waals surface area contributed by atoms with Crippen molar-refractivity contribution in [2.24, 2.45) is 0 Å². The van der Waals surface area contributed by atoms with E-state index in [1.54, 1.807) is 0 Å². The molecule has 0 aliphatic carbocycles. The second kappa shape index (κ2) is 4.51. The van der Waals surface area contributed by atoms with E-state index in [4.69, 9.17) is 0 Å². The van der Waals surface area contributed by atoms with Crippen molar-refractivity contribution in [2.75, 3.05) is 32.7 Å². The predicted molar refractivity (Wildman–Crippen MR) is 52.3 cm³/mol. The van der Waals surface area contributed by atoms with E-state index in [9.17, 15) is 0 Å². The van der Waals surface area contributed by atoms with Crippen LogP contribution in [-0.4, -0.2) is 40.7 Å². The smallest absolute Gasteiger partial charge is 0.0209 e. The summed E-state index contributed by atoms with van der Waals surface area (Å²) in [7, 11) is 0. The summed E-state index contributed by atoms with van der Waals surface area (Å²) in [5, 5.41) is 0.